The van der Waals surface area contributed by atoms with Gasteiger partial charge in [0.1, 0.15) is 5.56 Å². The first kappa shape index (κ1) is 34.3. The van der Waals surface area contributed by atoms with Crippen molar-refractivity contribution in [1.82, 2.24) is 19.9 Å². The second-order valence-corrected chi connectivity index (χ2v) is 14.3. The molecule has 1 aliphatic carbocycles. The van der Waals surface area contributed by atoms with Crippen LogP contribution in [0.1, 0.15) is 87.3 Å². The average Bonchev–Trinajstić information content (AvgIpc) is 3.30. The Hall–Kier alpha value is -2.54. The number of nitrogens with zero attached hydrogens (tertiary/aromatic N) is 1. The normalized spacial score (nSPS) is 18.6. The van der Waals surface area contributed by atoms with Crippen molar-refractivity contribution in [1.29, 1.82) is 0 Å². The molecule has 2 heterocycles. The Morgan fingerprint density at radius 2 is 1.75 bits per heavy atom. The van der Waals surface area contributed by atoms with Gasteiger partial charge in [0.05, 0.1) is 27.9 Å². The van der Waals surface area contributed by atoms with E-state index in [1.165, 1.54) is 6.07 Å². The van der Waals surface area contributed by atoms with Crippen molar-refractivity contribution in [3.63, 3.8) is 0 Å². The molecular formula is C32H45F3N4O4S. The average molecular weight is 639 g/mol. The van der Waals surface area contributed by atoms with Gasteiger partial charge in [-0.25, -0.2) is 0 Å². The lowest BCUT2D eigenvalue weighted by atomic mass is 9.79. The van der Waals surface area contributed by atoms with Gasteiger partial charge in [0, 0.05) is 44.7 Å². The third kappa shape index (κ3) is 7.99. The Kier molecular flexibility index (Phi) is 10.8. The lowest BCUT2D eigenvalue weighted by Gasteiger charge is -2.35. The number of aromatic nitrogens is 1. The summed E-state index contributed by atoms with van der Waals surface area (Å²) < 4.78 is 66.2. The number of carbonyl (C=O) groups excluding carboxylic acids is 2. The molecule has 2 aromatic rings. The predicted molar refractivity (Wildman–Crippen MR) is 164 cm³/mol. The van der Waals surface area contributed by atoms with Crippen molar-refractivity contribution in [3.05, 3.63) is 41.1 Å². The molecule has 0 bridgehead atoms. The van der Waals surface area contributed by atoms with E-state index in [0.29, 0.717) is 55.5 Å². The van der Waals surface area contributed by atoms with Gasteiger partial charge in [-0.2, -0.15) is 13.2 Å². The first-order valence-corrected chi connectivity index (χ1v) is 16.5. The number of hydrogen-bond donors (Lipinski definition) is 3. The summed E-state index contributed by atoms with van der Waals surface area (Å²) >= 11 is -2.09. The van der Waals surface area contributed by atoms with Gasteiger partial charge in [-0.1, -0.05) is 19.3 Å². The Morgan fingerprint density at radius 3 is 2.34 bits per heavy atom. The van der Waals surface area contributed by atoms with Gasteiger partial charge in [-0.3, -0.25) is 9.59 Å². The molecule has 4 rings (SSSR count). The van der Waals surface area contributed by atoms with Crippen LogP contribution >= 0.6 is 0 Å². The van der Waals surface area contributed by atoms with Gasteiger partial charge in [-0.05, 0) is 89.1 Å². The summed E-state index contributed by atoms with van der Waals surface area (Å²) in [7, 11) is 1.57. The third-order valence-corrected chi connectivity index (χ3v) is 10.3. The number of hydrogen-bond acceptors (Lipinski definition) is 5. The fourth-order valence-corrected chi connectivity index (χ4v) is 7.47. The minimum Gasteiger partial charge on any atom is -0.593 e. The smallest absolute Gasteiger partial charge is 0.421 e. The number of amides is 2. The Morgan fingerprint density at radius 1 is 1.09 bits per heavy atom. The van der Waals surface area contributed by atoms with E-state index in [4.69, 9.17) is 4.74 Å². The highest BCUT2D eigenvalue weighted by atomic mass is 32.2. The quantitative estimate of drug-likeness (QED) is 0.304. The highest BCUT2D eigenvalue weighted by Gasteiger charge is 2.41. The molecule has 0 spiro atoms. The van der Waals surface area contributed by atoms with E-state index < -0.39 is 34.1 Å². The number of alkyl halides is 3. The largest absolute Gasteiger partial charge is 0.593 e. The molecule has 1 aromatic carbocycles. The molecule has 1 aliphatic heterocycles. The fraction of sp³-hybridized carbons (Fsp3) is 0.625. The van der Waals surface area contributed by atoms with Crippen molar-refractivity contribution in [3.8, 4) is 11.3 Å². The molecule has 1 atom stereocenters. The van der Waals surface area contributed by atoms with Crippen LogP contribution < -0.4 is 15.4 Å². The minimum atomic E-state index is -4.74. The van der Waals surface area contributed by atoms with Crippen LogP contribution in [0.2, 0.25) is 0 Å². The third-order valence-electron chi connectivity index (χ3n) is 8.70. The van der Waals surface area contributed by atoms with E-state index >= 15 is 0 Å². The maximum Gasteiger partial charge on any atom is 0.421 e. The van der Waals surface area contributed by atoms with E-state index in [9.17, 15) is 27.3 Å². The van der Waals surface area contributed by atoms with Crippen LogP contribution in [-0.2, 0) is 33.6 Å². The van der Waals surface area contributed by atoms with Crippen LogP contribution in [0, 0.1) is 18.3 Å². The van der Waals surface area contributed by atoms with Crippen LogP contribution in [0.25, 0.3) is 11.3 Å². The molecule has 2 fully saturated rings. The van der Waals surface area contributed by atoms with Gasteiger partial charge in [0.15, 0.2) is 4.90 Å². The number of carbonyl (C=O) groups is 2. The number of benzene rings is 1. The van der Waals surface area contributed by atoms with Gasteiger partial charge >= 0.3 is 6.18 Å². The maximum atomic E-state index is 14.4. The first-order chi connectivity index (χ1) is 20.6. The van der Waals surface area contributed by atoms with Crippen molar-refractivity contribution in [2.45, 2.75) is 95.8 Å². The van der Waals surface area contributed by atoms with Crippen LogP contribution in [-0.4, -0.2) is 53.3 Å². The van der Waals surface area contributed by atoms with Gasteiger partial charge < -0.3 is 24.5 Å². The van der Waals surface area contributed by atoms with E-state index in [2.05, 4.69) is 15.4 Å². The fourth-order valence-electron chi connectivity index (χ4n) is 6.24. The molecule has 244 valence electrons. The van der Waals surface area contributed by atoms with E-state index in [1.54, 1.807) is 40.0 Å². The van der Waals surface area contributed by atoms with Crippen LogP contribution in [0.4, 0.5) is 13.2 Å². The molecule has 1 unspecified atom stereocenters. The second kappa shape index (κ2) is 13.8. The van der Waals surface area contributed by atoms with Crippen LogP contribution in [0.5, 0.6) is 0 Å². The predicted octanol–water partition coefficient (Wildman–Crippen LogP) is 5.75. The van der Waals surface area contributed by atoms with Gasteiger partial charge in [0.2, 0.25) is 5.91 Å². The monoisotopic (exact) mass is 638 g/mol. The summed E-state index contributed by atoms with van der Waals surface area (Å²) in [6.45, 7) is 8.54. The van der Waals surface area contributed by atoms with Gasteiger partial charge in [-0.15, -0.1) is 4.72 Å². The van der Waals surface area contributed by atoms with Gasteiger partial charge in [0.25, 0.3) is 5.91 Å². The highest BCUT2D eigenvalue weighted by Crippen LogP contribution is 2.39. The van der Waals surface area contributed by atoms with E-state index in [0.717, 1.165) is 38.2 Å². The summed E-state index contributed by atoms with van der Waals surface area (Å²) in [5, 5.41) is 5.65. The zero-order chi connectivity index (χ0) is 32.3. The number of ether oxygens (including phenoxy) is 1. The van der Waals surface area contributed by atoms with Crippen molar-refractivity contribution in [2.75, 3.05) is 26.8 Å². The maximum absolute atomic E-state index is 14.4. The lowest BCUT2D eigenvalue weighted by Crippen LogP contribution is -2.50. The molecule has 1 saturated heterocycles. The molecule has 2 amide bonds. The summed E-state index contributed by atoms with van der Waals surface area (Å²) in [6.07, 6.45) is 1.58. The van der Waals surface area contributed by atoms with Crippen molar-refractivity contribution < 1.29 is 32.0 Å². The number of halogens is 3. The second-order valence-electron chi connectivity index (χ2n) is 13.1. The minimum absolute atomic E-state index is 0.122. The zero-order valence-electron chi connectivity index (χ0n) is 26.3. The van der Waals surface area contributed by atoms with Crippen molar-refractivity contribution >= 4 is 23.2 Å². The molecule has 0 radical (unpaired) electrons. The molecule has 12 heteroatoms. The number of nitrogens with one attached hydrogen (secondary N) is 3. The topological polar surface area (TPSA) is 107 Å². The van der Waals surface area contributed by atoms with Crippen molar-refractivity contribution in [2.24, 2.45) is 11.3 Å². The first-order valence-electron chi connectivity index (χ1n) is 15.3. The molecule has 44 heavy (non-hydrogen) atoms. The van der Waals surface area contributed by atoms with E-state index in [1.807, 2.05) is 11.5 Å². The molecule has 3 N–H and O–H groups in total. The SMILES string of the molecule is CNC(=O)C1(CNC(=O)c2cc(-c3ccc([S+]([O-])NC(C)(C)C)c(C(F)(F)F)c3)n(CC3CCCCC3)c2C)CCOCC1. The molecule has 8 nitrogen and oxygen atoms in total. The Bertz CT molecular complexity index is 1330. The van der Waals surface area contributed by atoms with Crippen LogP contribution in [0.3, 0.4) is 0 Å². The standard InChI is InChI=1S/C32H45F3N4O4S/c1-21-24(28(40)37-20-31(29(41)36-5)13-15-43-16-14-31)18-26(39(21)19-22-9-7-6-8-10-22)23-11-12-27(25(17-23)32(33,34)35)44(42)38-30(2,3)4/h11-12,17-18,22,38H,6-10,13-16,19-20H2,1-5H3,(H,36,41)(H,37,40). The summed E-state index contributed by atoms with van der Waals surface area (Å²) in [4.78, 5) is 26.1. The number of rotatable bonds is 9. The Labute approximate surface area is 261 Å². The summed E-state index contributed by atoms with van der Waals surface area (Å²) in [6, 6.07) is 5.49. The molecule has 2 aliphatic rings. The van der Waals surface area contributed by atoms with Crippen LogP contribution in [0.15, 0.2) is 29.2 Å². The lowest BCUT2D eigenvalue weighted by molar-refractivity contribution is -0.140. The van der Waals surface area contributed by atoms with E-state index in [-0.39, 0.29) is 28.8 Å². The highest BCUT2D eigenvalue weighted by molar-refractivity contribution is 7.89. The molecule has 1 aromatic heterocycles. The molecular weight excluding hydrogens is 593 g/mol. The summed E-state index contributed by atoms with van der Waals surface area (Å²) in [5.74, 6) is -0.205. The molecule has 1 saturated carbocycles. The Balaban J connectivity index is 1.73. The summed E-state index contributed by atoms with van der Waals surface area (Å²) in [5.41, 5.74) is -0.647. The zero-order valence-corrected chi connectivity index (χ0v) is 27.1.